The van der Waals surface area contributed by atoms with Gasteiger partial charge in [-0.15, -0.1) is 0 Å². The van der Waals surface area contributed by atoms with E-state index in [1.807, 2.05) is 62.3 Å². The molecule has 1 aromatic carbocycles. The Balaban J connectivity index is 2.94. The number of nitrogens with one attached hydrogen (secondary N) is 3. The molecule has 3 N–H and O–H groups in total. The highest BCUT2D eigenvalue weighted by Gasteiger charge is 2.21. The summed E-state index contributed by atoms with van der Waals surface area (Å²) < 4.78 is 17.2. The Morgan fingerprint density at radius 2 is 0.762 bits per heavy atom. The molecule has 1 aromatic rings. The summed E-state index contributed by atoms with van der Waals surface area (Å²) in [5.74, 6) is -0.987. The van der Waals surface area contributed by atoms with E-state index in [1.165, 1.54) is 0 Å². The van der Waals surface area contributed by atoms with Gasteiger partial charge >= 0.3 is 0 Å². The van der Waals surface area contributed by atoms with Gasteiger partial charge in [0.25, 0.3) is 17.7 Å². The Morgan fingerprint density at radius 3 is 0.976 bits per heavy atom. The molecule has 0 spiro atoms. The molecule has 1 rings (SSSR count). The van der Waals surface area contributed by atoms with Crippen molar-refractivity contribution < 1.29 is 28.6 Å². The zero-order chi connectivity index (χ0) is 31.8. The summed E-state index contributed by atoms with van der Waals surface area (Å²) in [6.07, 6.45) is 4.58. The molecule has 0 aliphatic rings. The minimum absolute atomic E-state index is 0.265. The standard InChI is InChI=1S/C33H57N3O6/c1-10-40-31(4,5)16-13-19-34-28(37)25-22-26(29(38)35-20-14-17-32(6,7)41-11-2)24-27(23-25)30(39)36-21-15-18-33(8,9)42-12-3/h22-24H,10-21H2,1-9H3,(H,34,37)(H,35,38)(H,36,39). The summed E-state index contributed by atoms with van der Waals surface area (Å²) >= 11 is 0. The van der Waals surface area contributed by atoms with Crippen LogP contribution in [-0.2, 0) is 14.2 Å². The fraction of sp³-hybridized carbons (Fsp3) is 0.727. The van der Waals surface area contributed by atoms with Crippen LogP contribution in [0.4, 0.5) is 0 Å². The first-order chi connectivity index (χ1) is 19.6. The Hall–Kier alpha value is -2.49. The predicted molar refractivity (Wildman–Crippen MR) is 168 cm³/mol. The van der Waals surface area contributed by atoms with Crippen LogP contribution in [-0.4, -0.2) is 74.0 Å². The molecule has 0 radical (unpaired) electrons. The number of rotatable bonds is 21. The average molecular weight is 592 g/mol. The van der Waals surface area contributed by atoms with Crippen LogP contribution in [0, 0.1) is 0 Å². The number of benzene rings is 1. The lowest BCUT2D eigenvalue weighted by molar-refractivity contribution is -0.0175. The molecule has 0 heterocycles. The second kappa shape index (κ2) is 18.2. The summed E-state index contributed by atoms with van der Waals surface area (Å²) in [5, 5.41) is 8.77. The Kier molecular flexibility index (Phi) is 16.3. The monoisotopic (exact) mass is 591 g/mol. The molecule has 240 valence electrons. The second-order valence-electron chi connectivity index (χ2n) is 12.5. The largest absolute Gasteiger partial charge is 0.376 e. The molecule has 9 heteroatoms. The molecular formula is C33H57N3O6. The maximum absolute atomic E-state index is 13.1. The van der Waals surface area contributed by atoms with Crippen molar-refractivity contribution in [2.75, 3.05) is 39.5 Å². The van der Waals surface area contributed by atoms with Crippen molar-refractivity contribution in [1.82, 2.24) is 16.0 Å². The van der Waals surface area contributed by atoms with E-state index in [1.54, 1.807) is 18.2 Å². The maximum Gasteiger partial charge on any atom is 0.251 e. The first kappa shape index (κ1) is 37.5. The van der Waals surface area contributed by atoms with Gasteiger partial charge in [-0.2, -0.15) is 0 Å². The van der Waals surface area contributed by atoms with E-state index in [0.717, 1.165) is 38.5 Å². The van der Waals surface area contributed by atoms with Crippen LogP contribution in [0.25, 0.3) is 0 Å². The Bertz CT molecular complexity index is 854. The first-order valence-corrected chi connectivity index (χ1v) is 15.6. The fourth-order valence-corrected chi connectivity index (χ4v) is 4.86. The van der Waals surface area contributed by atoms with Crippen LogP contribution in [0.2, 0.25) is 0 Å². The van der Waals surface area contributed by atoms with Crippen LogP contribution in [0.5, 0.6) is 0 Å². The molecule has 0 aliphatic heterocycles. The van der Waals surface area contributed by atoms with Gasteiger partial charge in [0.05, 0.1) is 16.8 Å². The Morgan fingerprint density at radius 1 is 0.524 bits per heavy atom. The molecule has 0 fully saturated rings. The average Bonchev–Trinajstić information content (AvgIpc) is 2.90. The van der Waals surface area contributed by atoms with Crippen molar-refractivity contribution in [3.63, 3.8) is 0 Å². The fourth-order valence-electron chi connectivity index (χ4n) is 4.86. The normalized spacial score (nSPS) is 12.2. The quantitative estimate of drug-likeness (QED) is 0.159. The molecule has 42 heavy (non-hydrogen) atoms. The van der Waals surface area contributed by atoms with E-state index in [9.17, 15) is 14.4 Å². The predicted octanol–water partition coefficient (Wildman–Crippen LogP) is 5.66. The number of hydrogen-bond donors (Lipinski definition) is 3. The highest BCUT2D eigenvalue weighted by molar-refractivity contribution is 6.04. The van der Waals surface area contributed by atoms with Gasteiger partial charge in [0, 0.05) is 56.1 Å². The highest BCUT2D eigenvalue weighted by Crippen LogP contribution is 2.18. The van der Waals surface area contributed by atoms with E-state index in [4.69, 9.17) is 14.2 Å². The molecule has 0 unspecified atom stereocenters. The smallest absolute Gasteiger partial charge is 0.251 e. The zero-order valence-electron chi connectivity index (χ0n) is 27.7. The zero-order valence-corrected chi connectivity index (χ0v) is 27.7. The van der Waals surface area contributed by atoms with Gasteiger partial charge in [0.2, 0.25) is 0 Å². The molecule has 0 bridgehead atoms. The molecule has 0 saturated carbocycles. The number of ether oxygens (including phenoxy) is 3. The molecular weight excluding hydrogens is 534 g/mol. The third kappa shape index (κ3) is 15.1. The lowest BCUT2D eigenvalue weighted by Crippen LogP contribution is -2.31. The third-order valence-electron chi connectivity index (χ3n) is 7.05. The summed E-state index contributed by atoms with van der Waals surface area (Å²) in [6.45, 7) is 21.3. The lowest BCUT2D eigenvalue weighted by Gasteiger charge is -2.24. The molecule has 0 aliphatic carbocycles. The van der Waals surface area contributed by atoms with Crippen molar-refractivity contribution in [2.24, 2.45) is 0 Å². The van der Waals surface area contributed by atoms with E-state index in [0.29, 0.717) is 39.5 Å². The lowest BCUT2D eigenvalue weighted by atomic mass is 10.0. The van der Waals surface area contributed by atoms with Gasteiger partial charge in [0.15, 0.2) is 0 Å². The van der Waals surface area contributed by atoms with Crippen LogP contribution in [0.3, 0.4) is 0 Å². The summed E-state index contributed by atoms with van der Waals surface area (Å²) in [7, 11) is 0. The minimum atomic E-state index is -0.329. The number of amides is 3. The van der Waals surface area contributed by atoms with Gasteiger partial charge in [-0.25, -0.2) is 0 Å². The van der Waals surface area contributed by atoms with Crippen molar-refractivity contribution in [3.05, 3.63) is 34.9 Å². The van der Waals surface area contributed by atoms with Crippen molar-refractivity contribution >= 4 is 17.7 Å². The van der Waals surface area contributed by atoms with Crippen molar-refractivity contribution in [2.45, 2.75) is 118 Å². The second-order valence-corrected chi connectivity index (χ2v) is 12.5. The third-order valence-corrected chi connectivity index (χ3v) is 7.05. The maximum atomic E-state index is 13.1. The summed E-state index contributed by atoms with van der Waals surface area (Å²) in [5.41, 5.74) is 0.0145. The molecule has 0 atom stereocenters. The molecule has 0 aromatic heterocycles. The SMILES string of the molecule is CCOC(C)(C)CCCNC(=O)c1cc(C(=O)NCCCC(C)(C)OCC)cc(C(=O)NCCCC(C)(C)OCC)c1. The van der Waals surface area contributed by atoms with Gasteiger partial charge in [0.1, 0.15) is 0 Å². The topological polar surface area (TPSA) is 115 Å². The first-order valence-electron chi connectivity index (χ1n) is 15.6. The molecule has 9 nitrogen and oxygen atoms in total. The molecule has 0 saturated heterocycles. The number of carbonyl (C=O) groups excluding carboxylic acids is 3. The number of carbonyl (C=O) groups is 3. The van der Waals surface area contributed by atoms with E-state index >= 15 is 0 Å². The number of hydrogen-bond acceptors (Lipinski definition) is 6. The van der Waals surface area contributed by atoms with E-state index in [-0.39, 0.29) is 51.2 Å². The Labute approximate surface area is 254 Å². The van der Waals surface area contributed by atoms with E-state index in [2.05, 4.69) is 16.0 Å². The molecule has 3 amide bonds. The van der Waals surface area contributed by atoms with Crippen LogP contribution < -0.4 is 16.0 Å². The van der Waals surface area contributed by atoms with Gasteiger partial charge in [-0.1, -0.05) is 0 Å². The van der Waals surface area contributed by atoms with Gasteiger partial charge < -0.3 is 30.2 Å². The van der Waals surface area contributed by atoms with Crippen molar-refractivity contribution in [1.29, 1.82) is 0 Å². The van der Waals surface area contributed by atoms with Crippen molar-refractivity contribution in [3.8, 4) is 0 Å². The van der Waals surface area contributed by atoms with Gasteiger partial charge in [-0.3, -0.25) is 14.4 Å². The minimum Gasteiger partial charge on any atom is -0.376 e. The van der Waals surface area contributed by atoms with Crippen LogP contribution in [0.1, 0.15) is 132 Å². The van der Waals surface area contributed by atoms with E-state index < -0.39 is 0 Å². The van der Waals surface area contributed by atoms with Gasteiger partial charge in [-0.05, 0) is 119 Å². The summed E-state index contributed by atoms with van der Waals surface area (Å²) in [4.78, 5) is 39.2. The summed E-state index contributed by atoms with van der Waals surface area (Å²) in [6, 6.07) is 4.63. The van der Waals surface area contributed by atoms with Crippen LogP contribution in [0.15, 0.2) is 18.2 Å². The highest BCUT2D eigenvalue weighted by atomic mass is 16.5. The van der Waals surface area contributed by atoms with Crippen LogP contribution >= 0.6 is 0 Å².